The topological polar surface area (TPSA) is 125 Å². The van der Waals surface area contributed by atoms with E-state index >= 15 is 0 Å². The van der Waals surface area contributed by atoms with Crippen LogP contribution in [-0.4, -0.2) is 81.6 Å². The van der Waals surface area contributed by atoms with Gasteiger partial charge in [0.05, 0.1) is 42.6 Å². The molecule has 2 aliphatic rings. The number of rotatable bonds is 9. The standard InChI is InChI=1S/C27H33FN6O4/c28-20-7-5-18(6-8-20)24-25(21-9-11-30-27(31-21)29-10-4-14-35)33-22(32-24)15-23-37-16-19(17-38-23)26(36)34-12-2-1-3-13-34/h5-9,11,19,23,35H,1-4,10,12-17H2,(H,32,33)(H,29,30,31). The third-order valence-electron chi connectivity index (χ3n) is 6.74. The van der Waals surface area contributed by atoms with Crippen molar-refractivity contribution in [3.05, 3.63) is 48.2 Å². The lowest BCUT2D eigenvalue weighted by molar-refractivity contribution is -0.204. The molecule has 3 aromatic rings. The van der Waals surface area contributed by atoms with Gasteiger partial charge in [0, 0.05) is 38.0 Å². The number of aromatic nitrogens is 4. The number of benzene rings is 1. The van der Waals surface area contributed by atoms with Crippen LogP contribution in [0.5, 0.6) is 0 Å². The molecule has 0 unspecified atom stereocenters. The lowest BCUT2D eigenvalue weighted by Gasteiger charge is -2.34. The molecule has 2 fully saturated rings. The van der Waals surface area contributed by atoms with Gasteiger partial charge in [-0.3, -0.25) is 4.79 Å². The summed E-state index contributed by atoms with van der Waals surface area (Å²) in [7, 11) is 0. The van der Waals surface area contributed by atoms with E-state index < -0.39 is 6.29 Å². The number of aliphatic hydroxyl groups excluding tert-OH is 1. The molecule has 0 atom stereocenters. The van der Waals surface area contributed by atoms with E-state index in [1.54, 1.807) is 24.4 Å². The number of aromatic amines is 1. The van der Waals surface area contributed by atoms with Crippen LogP contribution >= 0.6 is 0 Å². The number of piperidine rings is 1. The molecule has 2 aromatic heterocycles. The van der Waals surface area contributed by atoms with Gasteiger partial charge in [0.1, 0.15) is 11.6 Å². The lowest BCUT2D eigenvalue weighted by Crippen LogP contribution is -2.46. The van der Waals surface area contributed by atoms with E-state index in [9.17, 15) is 9.18 Å². The van der Waals surface area contributed by atoms with Gasteiger partial charge >= 0.3 is 0 Å². The molecule has 202 valence electrons. The summed E-state index contributed by atoms with van der Waals surface area (Å²) in [4.78, 5) is 31.7. The molecule has 0 radical (unpaired) electrons. The van der Waals surface area contributed by atoms with Gasteiger partial charge < -0.3 is 29.8 Å². The zero-order valence-electron chi connectivity index (χ0n) is 21.2. The average Bonchev–Trinajstić information content (AvgIpc) is 3.38. The van der Waals surface area contributed by atoms with Crippen molar-refractivity contribution in [2.75, 3.05) is 44.8 Å². The summed E-state index contributed by atoms with van der Waals surface area (Å²) >= 11 is 0. The molecular formula is C27H33FN6O4. The molecule has 4 heterocycles. The van der Waals surface area contributed by atoms with Crippen LogP contribution in [0.4, 0.5) is 10.3 Å². The monoisotopic (exact) mass is 524 g/mol. The number of anilines is 1. The minimum absolute atomic E-state index is 0.0732. The molecule has 0 bridgehead atoms. The number of likely N-dealkylation sites (tertiary alicyclic amines) is 1. The van der Waals surface area contributed by atoms with Crippen molar-refractivity contribution in [2.45, 2.75) is 38.4 Å². The first kappa shape index (κ1) is 26.2. The Morgan fingerprint density at radius 2 is 1.87 bits per heavy atom. The molecule has 2 saturated heterocycles. The minimum atomic E-state index is -0.540. The molecule has 10 nitrogen and oxygen atoms in total. The van der Waals surface area contributed by atoms with Crippen LogP contribution in [0.1, 0.15) is 31.5 Å². The second kappa shape index (κ2) is 12.4. The number of nitrogens with one attached hydrogen (secondary N) is 2. The van der Waals surface area contributed by atoms with Crippen molar-refractivity contribution in [2.24, 2.45) is 5.92 Å². The fourth-order valence-corrected chi connectivity index (χ4v) is 4.72. The molecule has 1 amide bonds. The van der Waals surface area contributed by atoms with Crippen LogP contribution in [0, 0.1) is 11.7 Å². The van der Waals surface area contributed by atoms with Gasteiger partial charge in [-0.2, -0.15) is 0 Å². The van der Waals surface area contributed by atoms with E-state index in [0.717, 1.165) is 31.5 Å². The number of imidazole rings is 1. The van der Waals surface area contributed by atoms with Crippen LogP contribution in [0.2, 0.25) is 0 Å². The number of H-pyrrole nitrogens is 1. The molecule has 0 spiro atoms. The first-order chi connectivity index (χ1) is 18.6. The highest BCUT2D eigenvalue weighted by molar-refractivity contribution is 5.79. The number of amides is 1. The zero-order chi connectivity index (χ0) is 26.3. The van der Waals surface area contributed by atoms with Gasteiger partial charge in [0.2, 0.25) is 11.9 Å². The maximum absolute atomic E-state index is 13.6. The fraction of sp³-hybridized carbons (Fsp3) is 0.481. The second-order valence-corrected chi connectivity index (χ2v) is 9.57. The van der Waals surface area contributed by atoms with Crippen LogP contribution < -0.4 is 5.32 Å². The molecule has 11 heteroatoms. The Bertz CT molecular complexity index is 1210. The summed E-state index contributed by atoms with van der Waals surface area (Å²) in [6, 6.07) is 7.89. The maximum Gasteiger partial charge on any atom is 0.230 e. The van der Waals surface area contributed by atoms with Gasteiger partial charge in [-0.15, -0.1) is 0 Å². The van der Waals surface area contributed by atoms with E-state index in [0.29, 0.717) is 61.5 Å². The summed E-state index contributed by atoms with van der Waals surface area (Å²) in [6.07, 6.45) is 5.30. The first-order valence-corrected chi connectivity index (χ1v) is 13.2. The van der Waals surface area contributed by atoms with Crippen LogP contribution in [0.25, 0.3) is 22.6 Å². The Morgan fingerprint density at radius 3 is 2.61 bits per heavy atom. The van der Waals surface area contributed by atoms with Crippen molar-refractivity contribution in [1.29, 1.82) is 0 Å². The number of carbonyl (C=O) groups is 1. The quantitative estimate of drug-likeness (QED) is 0.365. The van der Waals surface area contributed by atoms with Gasteiger partial charge in [0.25, 0.3) is 0 Å². The molecule has 3 N–H and O–H groups in total. The van der Waals surface area contributed by atoms with Crippen molar-refractivity contribution in [3.63, 3.8) is 0 Å². The smallest absolute Gasteiger partial charge is 0.230 e. The number of ether oxygens (including phenoxy) is 2. The highest BCUT2D eigenvalue weighted by Crippen LogP contribution is 2.30. The SMILES string of the molecule is O=C(C1COC(Cc2nc(-c3ccc(F)cc3)c(-c3ccnc(NCCCO)n3)[nH]2)OC1)N1CCCCC1. The maximum atomic E-state index is 13.6. The van der Waals surface area contributed by atoms with Crippen molar-refractivity contribution in [3.8, 4) is 22.6 Å². The molecule has 0 aliphatic carbocycles. The summed E-state index contributed by atoms with van der Waals surface area (Å²) in [6.45, 7) is 2.85. The molecule has 1 aromatic carbocycles. The zero-order valence-corrected chi connectivity index (χ0v) is 21.2. The summed E-state index contributed by atoms with van der Waals surface area (Å²) in [5.41, 5.74) is 2.62. The van der Waals surface area contributed by atoms with Crippen molar-refractivity contribution >= 4 is 11.9 Å². The molecular weight excluding hydrogens is 491 g/mol. The third-order valence-corrected chi connectivity index (χ3v) is 6.74. The number of halogens is 1. The Morgan fingerprint density at radius 1 is 1.11 bits per heavy atom. The Balaban J connectivity index is 1.31. The van der Waals surface area contributed by atoms with Crippen LogP contribution in [0.3, 0.4) is 0 Å². The van der Waals surface area contributed by atoms with Crippen LogP contribution in [-0.2, 0) is 20.7 Å². The van der Waals surface area contributed by atoms with E-state index in [2.05, 4.69) is 20.3 Å². The lowest BCUT2D eigenvalue weighted by atomic mass is 10.1. The highest BCUT2D eigenvalue weighted by atomic mass is 19.1. The van der Waals surface area contributed by atoms with E-state index in [1.807, 2.05) is 4.90 Å². The van der Waals surface area contributed by atoms with Crippen molar-refractivity contribution in [1.82, 2.24) is 24.8 Å². The predicted octanol–water partition coefficient (Wildman–Crippen LogP) is 3.01. The van der Waals surface area contributed by atoms with E-state index in [4.69, 9.17) is 19.6 Å². The Hall–Kier alpha value is -3.41. The number of aliphatic hydroxyl groups is 1. The molecule has 2 aliphatic heterocycles. The van der Waals surface area contributed by atoms with Gasteiger partial charge in [-0.1, -0.05) is 0 Å². The highest BCUT2D eigenvalue weighted by Gasteiger charge is 2.32. The Labute approximate surface area is 220 Å². The number of carbonyl (C=O) groups excluding carboxylic acids is 1. The minimum Gasteiger partial charge on any atom is -0.396 e. The third kappa shape index (κ3) is 6.35. The fourth-order valence-electron chi connectivity index (χ4n) is 4.72. The number of hydrogen-bond acceptors (Lipinski definition) is 8. The van der Waals surface area contributed by atoms with Gasteiger partial charge in [-0.05, 0) is 56.0 Å². The van der Waals surface area contributed by atoms with Gasteiger partial charge in [-0.25, -0.2) is 19.3 Å². The first-order valence-electron chi connectivity index (χ1n) is 13.2. The summed E-state index contributed by atoms with van der Waals surface area (Å²) < 4.78 is 25.5. The van der Waals surface area contributed by atoms with Crippen LogP contribution in [0.15, 0.2) is 36.5 Å². The van der Waals surface area contributed by atoms with Gasteiger partial charge in [0.15, 0.2) is 6.29 Å². The second-order valence-electron chi connectivity index (χ2n) is 9.57. The largest absolute Gasteiger partial charge is 0.396 e. The molecule has 0 saturated carbocycles. The molecule has 38 heavy (non-hydrogen) atoms. The van der Waals surface area contributed by atoms with E-state index in [1.165, 1.54) is 18.6 Å². The number of nitrogens with zero attached hydrogens (tertiary/aromatic N) is 4. The number of hydrogen-bond donors (Lipinski definition) is 3. The normalized spacial score (nSPS) is 19.9. The van der Waals surface area contributed by atoms with E-state index in [-0.39, 0.29) is 24.2 Å². The Kier molecular flexibility index (Phi) is 8.57. The molecule has 5 rings (SSSR count). The predicted molar refractivity (Wildman–Crippen MR) is 139 cm³/mol. The average molecular weight is 525 g/mol. The summed E-state index contributed by atoms with van der Waals surface area (Å²) in [5, 5.41) is 12.1. The van der Waals surface area contributed by atoms with Crippen molar-refractivity contribution < 1.29 is 23.8 Å². The summed E-state index contributed by atoms with van der Waals surface area (Å²) in [5.74, 6) is 0.540.